The summed E-state index contributed by atoms with van der Waals surface area (Å²) in [5, 5.41) is 4.30. The van der Waals surface area contributed by atoms with Crippen molar-refractivity contribution in [3.63, 3.8) is 0 Å². The molecular formula is C18H15ClN2O4. The molecule has 0 bridgehead atoms. The van der Waals surface area contributed by atoms with E-state index in [4.69, 9.17) is 25.6 Å². The fourth-order valence-electron chi connectivity index (χ4n) is 2.23. The molecule has 0 N–H and O–H groups in total. The fourth-order valence-corrected chi connectivity index (χ4v) is 2.35. The Morgan fingerprint density at radius 3 is 2.60 bits per heavy atom. The maximum Gasteiger partial charge on any atom is 0.421 e. The van der Waals surface area contributed by atoms with Gasteiger partial charge in [0.05, 0.1) is 19.0 Å². The topological polar surface area (TPSA) is 64.8 Å². The number of hydrogen-bond donors (Lipinski definition) is 0. The monoisotopic (exact) mass is 358 g/mol. The quantitative estimate of drug-likeness (QED) is 0.654. The maximum atomic E-state index is 12.2. The van der Waals surface area contributed by atoms with Crippen LogP contribution in [-0.4, -0.2) is 18.4 Å². The maximum absolute atomic E-state index is 12.2. The third-order valence-electron chi connectivity index (χ3n) is 3.42. The first-order chi connectivity index (χ1) is 12.2. The molecule has 0 fully saturated rings. The highest BCUT2D eigenvalue weighted by Crippen LogP contribution is 2.34. The zero-order valence-corrected chi connectivity index (χ0v) is 14.1. The molecule has 1 amide bonds. The number of carbonyl (C=O) groups is 1. The zero-order valence-electron chi connectivity index (χ0n) is 13.4. The molecule has 0 saturated heterocycles. The van der Waals surface area contributed by atoms with E-state index < -0.39 is 6.09 Å². The highest BCUT2D eigenvalue weighted by molar-refractivity contribution is 6.30. The molecule has 128 valence electrons. The number of methoxy groups -OCH3 is 1. The molecule has 2 aromatic carbocycles. The highest BCUT2D eigenvalue weighted by atomic mass is 35.5. The van der Waals surface area contributed by atoms with E-state index in [1.54, 1.807) is 36.4 Å². The molecule has 0 aliphatic heterocycles. The van der Waals surface area contributed by atoms with E-state index in [-0.39, 0.29) is 5.88 Å². The van der Waals surface area contributed by atoms with Crippen LogP contribution in [0.1, 0.15) is 5.56 Å². The number of nitrogens with zero attached hydrogens (tertiary/aromatic N) is 2. The van der Waals surface area contributed by atoms with Gasteiger partial charge in [-0.1, -0.05) is 41.0 Å². The first kappa shape index (κ1) is 16.9. The van der Waals surface area contributed by atoms with E-state index in [0.29, 0.717) is 23.1 Å². The number of anilines is 2. The van der Waals surface area contributed by atoms with E-state index >= 15 is 0 Å². The second kappa shape index (κ2) is 7.72. The molecular weight excluding hydrogens is 344 g/mol. The molecule has 0 aliphatic carbocycles. The first-order valence-electron chi connectivity index (χ1n) is 7.44. The van der Waals surface area contributed by atoms with E-state index in [9.17, 15) is 4.79 Å². The van der Waals surface area contributed by atoms with Crippen LogP contribution >= 0.6 is 11.6 Å². The van der Waals surface area contributed by atoms with Crippen molar-refractivity contribution in [3.8, 4) is 5.75 Å². The van der Waals surface area contributed by atoms with Gasteiger partial charge in [-0.3, -0.25) is 0 Å². The predicted molar refractivity (Wildman–Crippen MR) is 93.3 cm³/mol. The van der Waals surface area contributed by atoms with Crippen LogP contribution in [0.5, 0.6) is 5.75 Å². The summed E-state index contributed by atoms with van der Waals surface area (Å²) in [6, 6.07) is 16.0. The molecule has 0 unspecified atom stereocenters. The molecule has 0 atom stereocenters. The Hall–Kier alpha value is -2.99. The minimum absolute atomic E-state index is 0.231. The fraction of sp³-hybridized carbons (Fsp3) is 0.111. The SMILES string of the molecule is COC(=O)N(c1ccno1)c1ccccc1OCc1ccc(Cl)cc1. The van der Waals surface area contributed by atoms with E-state index in [0.717, 1.165) is 5.56 Å². The summed E-state index contributed by atoms with van der Waals surface area (Å²) < 4.78 is 15.8. The van der Waals surface area contributed by atoms with Gasteiger partial charge < -0.3 is 14.0 Å². The summed E-state index contributed by atoms with van der Waals surface area (Å²) in [5.41, 5.74) is 1.43. The third-order valence-corrected chi connectivity index (χ3v) is 3.67. The van der Waals surface area contributed by atoms with Gasteiger partial charge in [-0.15, -0.1) is 0 Å². The Morgan fingerprint density at radius 2 is 1.92 bits per heavy atom. The van der Waals surface area contributed by atoms with Gasteiger partial charge in [-0.25, -0.2) is 9.69 Å². The van der Waals surface area contributed by atoms with Crippen molar-refractivity contribution in [1.29, 1.82) is 0 Å². The van der Waals surface area contributed by atoms with Crippen LogP contribution in [-0.2, 0) is 11.3 Å². The second-order valence-corrected chi connectivity index (χ2v) is 5.48. The third kappa shape index (κ3) is 3.92. The molecule has 3 rings (SSSR count). The lowest BCUT2D eigenvalue weighted by Crippen LogP contribution is -2.25. The van der Waals surface area contributed by atoms with E-state index in [1.165, 1.54) is 18.2 Å². The van der Waals surface area contributed by atoms with Gasteiger partial charge in [0.15, 0.2) is 0 Å². The van der Waals surface area contributed by atoms with Crippen molar-refractivity contribution in [1.82, 2.24) is 5.16 Å². The van der Waals surface area contributed by atoms with Crippen molar-refractivity contribution < 1.29 is 18.8 Å². The van der Waals surface area contributed by atoms with Gasteiger partial charge in [0.25, 0.3) is 0 Å². The molecule has 1 heterocycles. The molecule has 1 aromatic heterocycles. The van der Waals surface area contributed by atoms with Crippen molar-refractivity contribution in [3.05, 3.63) is 71.4 Å². The van der Waals surface area contributed by atoms with Crippen LogP contribution in [0.2, 0.25) is 5.02 Å². The van der Waals surface area contributed by atoms with Crippen LogP contribution in [0.3, 0.4) is 0 Å². The van der Waals surface area contributed by atoms with Gasteiger partial charge in [-0.05, 0) is 29.8 Å². The molecule has 0 aliphatic rings. The van der Waals surface area contributed by atoms with E-state index in [2.05, 4.69) is 5.16 Å². The second-order valence-electron chi connectivity index (χ2n) is 5.04. The van der Waals surface area contributed by atoms with Gasteiger partial charge in [0.2, 0.25) is 5.88 Å². The van der Waals surface area contributed by atoms with Crippen molar-refractivity contribution >= 4 is 29.3 Å². The normalized spacial score (nSPS) is 10.3. The molecule has 25 heavy (non-hydrogen) atoms. The highest BCUT2D eigenvalue weighted by Gasteiger charge is 2.25. The summed E-state index contributed by atoms with van der Waals surface area (Å²) >= 11 is 5.89. The number of rotatable bonds is 5. The lowest BCUT2D eigenvalue weighted by molar-refractivity contribution is 0.179. The van der Waals surface area contributed by atoms with Gasteiger partial charge in [-0.2, -0.15) is 0 Å². The number of carbonyl (C=O) groups excluding carboxylic acids is 1. The van der Waals surface area contributed by atoms with E-state index in [1.807, 2.05) is 18.2 Å². The smallest absolute Gasteiger partial charge is 0.421 e. The summed E-state index contributed by atoms with van der Waals surface area (Å²) in [5.74, 6) is 0.730. The average molecular weight is 359 g/mol. The minimum Gasteiger partial charge on any atom is -0.487 e. The Kier molecular flexibility index (Phi) is 5.20. The molecule has 3 aromatic rings. The Labute approximate surface area is 149 Å². The van der Waals surface area contributed by atoms with Crippen molar-refractivity contribution in [2.75, 3.05) is 12.0 Å². The zero-order chi connectivity index (χ0) is 17.6. The van der Waals surface area contributed by atoms with Crippen LogP contribution in [0, 0.1) is 0 Å². The Bertz CT molecular complexity index is 835. The number of amides is 1. The average Bonchev–Trinajstić information content (AvgIpc) is 3.16. The lowest BCUT2D eigenvalue weighted by atomic mass is 10.2. The number of aromatic nitrogens is 1. The predicted octanol–water partition coefficient (Wildman–Crippen LogP) is 4.81. The summed E-state index contributed by atoms with van der Waals surface area (Å²) in [6.45, 7) is 0.319. The van der Waals surface area contributed by atoms with Gasteiger partial charge >= 0.3 is 6.09 Å². The van der Waals surface area contributed by atoms with Crippen LogP contribution in [0.15, 0.2) is 65.3 Å². The Morgan fingerprint density at radius 1 is 1.16 bits per heavy atom. The largest absolute Gasteiger partial charge is 0.487 e. The van der Waals surface area contributed by atoms with Crippen LogP contribution < -0.4 is 9.64 Å². The number of hydrogen-bond acceptors (Lipinski definition) is 5. The lowest BCUT2D eigenvalue weighted by Gasteiger charge is -2.20. The first-order valence-corrected chi connectivity index (χ1v) is 7.82. The summed E-state index contributed by atoms with van der Waals surface area (Å²) in [4.78, 5) is 13.5. The number of para-hydroxylation sites is 2. The van der Waals surface area contributed by atoms with Gasteiger partial charge in [0, 0.05) is 11.1 Å². The summed E-state index contributed by atoms with van der Waals surface area (Å²) in [6.07, 6.45) is 0.835. The van der Waals surface area contributed by atoms with Crippen molar-refractivity contribution in [2.45, 2.75) is 6.61 Å². The van der Waals surface area contributed by atoms with Crippen molar-refractivity contribution in [2.24, 2.45) is 0 Å². The van der Waals surface area contributed by atoms with Crippen LogP contribution in [0.4, 0.5) is 16.4 Å². The Balaban J connectivity index is 1.88. The molecule has 0 radical (unpaired) electrons. The molecule has 0 saturated carbocycles. The number of benzene rings is 2. The minimum atomic E-state index is -0.612. The molecule has 7 heteroatoms. The number of ether oxygens (including phenoxy) is 2. The molecule has 0 spiro atoms. The standard InChI is InChI=1S/C18H15ClN2O4/c1-23-18(22)21(17-10-11-20-25-17)15-4-2-3-5-16(15)24-12-13-6-8-14(19)9-7-13/h2-11H,12H2,1H3. The van der Waals surface area contributed by atoms with Crippen LogP contribution in [0.25, 0.3) is 0 Å². The van der Waals surface area contributed by atoms with Gasteiger partial charge in [0.1, 0.15) is 12.4 Å². The summed E-state index contributed by atoms with van der Waals surface area (Å²) in [7, 11) is 1.29. The molecule has 6 nitrogen and oxygen atoms in total. The number of halogens is 1.